The summed E-state index contributed by atoms with van der Waals surface area (Å²) in [6.07, 6.45) is 1.31. The molecule has 0 unspecified atom stereocenters. The molecule has 2 aromatic carbocycles. The molecule has 10 heteroatoms. The molecule has 0 bridgehead atoms. The number of para-hydroxylation sites is 2. The van der Waals surface area contributed by atoms with Crippen molar-refractivity contribution in [2.24, 2.45) is 0 Å². The number of aromatic nitrogens is 2. The zero-order valence-corrected chi connectivity index (χ0v) is 17.4. The SMILES string of the molecule is O=[N+]([O-])c1c(NCCOc2ccccc2)ncnc1N1CCN(c2ccccc2F)CC1. The first-order valence-corrected chi connectivity index (χ1v) is 10.3. The molecular formula is C22H23FN6O3. The fraction of sp³-hybridized carbons (Fsp3) is 0.273. The second kappa shape index (κ2) is 9.90. The highest BCUT2D eigenvalue weighted by molar-refractivity contribution is 5.70. The summed E-state index contributed by atoms with van der Waals surface area (Å²) in [5.74, 6) is 0.843. The van der Waals surface area contributed by atoms with Crippen LogP contribution in [-0.4, -0.2) is 54.2 Å². The molecule has 0 aliphatic carbocycles. The third-order valence-electron chi connectivity index (χ3n) is 5.16. The summed E-state index contributed by atoms with van der Waals surface area (Å²) in [6, 6.07) is 15.9. The molecule has 0 radical (unpaired) electrons. The molecule has 1 N–H and O–H groups in total. The summed E-state index contributed by atoms with van der Waals surface area (Å²) < 4.78 is 19.7. The first-order chi connectivity index (χ1) is 15.6. The van der Waals surface area contributed by atoms with Crippen LogP contribution in [0, 0.1) is 15.9 Å². The molecule has 0 atom stereocenters. The second-order valence-electron chi connectivity index (χ2n) is 7.17. The standard InChI is InChI=1S/C22H23FN6O3/c23-18-8-4-5-9-19(18)27-11-13-28(14-12-27)22-20(29(30)31)21(25-16-26-22)24-10-15-32-17-6-2-1-3-7-17/h1-9,16H,10-15H2,(H,24,25,26). The Morgan fingerprint density at radius 1 is 1.00 bits per heavy atom. The number of hydrogen-bond donors (Lipinski definition) is 1. The lowest BCUT2D eigenvalue weighted by molar-refractivity contribution is -0.383. The van der Waals surface area contributed by atoms with E-state index in [1.54, 1.807) is 18.2 Å². The first kappa shape index (κ1) is 21.3. The van der Waals surface area contributed by atoms with Gasteiger partial charge in [-0.05, 0) is 24.3 Å². The molecule has 0 saturated carbocycles. The molecule has 1 saturated heterocycles. The topological polar surface area (TPSA) is 96.7 Å². The van der Waals surface area contributed by atoms with Crippen LogP contribution in [0.1, 0.15) is 0 Å². The zero-order valence-electron chi connectivity index (χ0n) is 17.4. The van der Waals surface area contributed by atoms with Gasteiger partial charge in [0.15, 0.2) is 0 Å². The maximum atomic E-state index is 14.1. The molecule has 0 amide bonds. The van der Waals surface area contributed by atoms with Crippen molar-refractivity contribution in [3.8, 4) is 5.75 Å². The number of hydrogen-bond acceptors (Lipinski definition) is 8. The number of halogens is 1. The van der Waals surface area contributed by atoms with Crippen LogP contribution < -0.4 is 19.9 Å². The predicted molar refractivity (Wildman–Crippen MR) is 120 cm³/mol. The largest absolute Gasteiger partial charge is 0.492 e. The van der Waals surface area contributed by atoms with Crippen molar-refractivity contribution in [2.45, 2.75) is 0 Å². The molecule has 1 aliphatic rings. The van der Waals surface area contributed by atoms with E-state index in [0.717, 1.165) is 5.75 Å². The maximum absolute atomic E-state index is 14.1. The molecule has 1 fully saturated rings. The number of benzene rings is 2. The first-order valence-electron chi connectivity index (χ1n) is 10.3. The Hall–Kier alpha value is -3.95. The summed E-state index contributed by atoms with van der Waals surface area (Å²) in [5.41, 5.74) is 0.358. The molecule has 4 rings (SSSR count). The average molecular weight is 438 g/mol. The third kappa shape index (κ3) is 4.85. The molecule has 1 aliphatic heterocycles. The van der Waals surface area contributed by atoms with E-state index < -0.39 is 4.92 Å². The number of rotatable bonds is 8. The van der Waals surface area contributed by atoms with E-state index in [2.05, 4.69) is 15.3 Å². The summed E-state index contributed by atoms with van der Waals surface area (Å²) in [7, 11) is 0. The molecule has 32 heavy (non-hydrogen) atoms. The van der Waals surface area contributed by atoms with Crippen molar-refractivity contribution in [3.63, 3.8) is 0 Å². The molecule has 2 heterocycles. The number of piperazine rings is 1. The minimum absolute atomic E-state index is 0.146. The molecular weight excluding hydrogens is 415 g/mol. The quantitative estimate of drug-likeness (QED) is 0.325. The highest BCUT2D eigenvalue weighted by atomic mass is 19.1. The lowest BCUT2D eigenvalue weighted by Gasteiger charge is -2.36. The van der Waals surface area contributed by atoms with Crippen LogP contribution in [0.2, 0.25) is 0 Å². The molecule has 9 nitrogen and oxygen atoms in total. The third-order valence-corrected chi connectivity index (χ3v) is 5.16. The molecule has 1 aromatic heterocycles. The van der Waals surface area contributed by atoms with Crippen LogP contribution in [0.5, 0.6) is 5.75 Å². The lowest BCUT2D eigenvalue weighted by atomic mass is 10.2. The van der Waals surface area contributed by atoms with E-state index in [4.69, 9.17) is 4.74 Å². The highest BCUT2D eigenvalue weighted by Crippen LogP contribution is 2.32. The summed E-state index contributed by atoms with van der Waals surface area (Å²) in [6.45, 7) is 2.66. The van der Waals surface area contributed by atoms with Crippen LogP contribution >= 0.6 is 0 Å². The predicted octanol–water partition coefficient (Wildman–Crippen LogP) is 3.34. The van der Waals surface area contributed by atoms with E-state index in [0.29, 0.717) is 45.0 Å². The summed E-state index contributed by atoms with van der Waals surface area (Å²) >= 11 is 0. The Morgan fingerprint density at radius 2 is 1.69 bits per heavy atom. The van der Waals surface area contributed by atoms with Crippen LogP contribution in [0.25, 0.3) is 0 Å². The minimum Gasteiger partial charge on any atom is -0.492 e. The second-order valence-corrected chi connectivity index (χ2v) is 7.17. The summed E-state index contributed by atoms with van der Waals surface area (Å²) in [4.78, 5) is 23.4. The monoisotopic (exact) mass is 438 g/mol. The van der Waals surface area contributed by atoms with Gasteiger partial charge in [-0.3, -0.25) is 10.1 Å². The van der Waals surface area contributed by atoms with Gasteiger partial charge in [0.05, 0.1) is 17.2 Å². The molecule has 3 aromatic rings. The number of nitro groups is 1. The van der Waals surface area contributed by atoms with Gasteiger partial charge in [0, 0.05) is 26.2 Å². The number of anilines is 3. The normalized spacial score (nSPS) is 13.7. The van der Waals surface area contributed by atoms with Gasteiger partial charge in [0.1, 0.15) is 24.5 Å². The fourth-order valence-electron chi connectivity index (χ4n) is 3.62. The number of nitrogens with zero attached hydrogens (tertiary/aromatic N) is 5. The summed E-state index contributed by atoms with van der Waals surface area (Å²) in [5, 5.41) is 14.8. The van der Waals surface area contributed by atoms with Gasteiger partial charge in [-0.15, -0.1) is 0 Å². The van der Waals surface area contributed by atoms with Crippen molar-refractivity contribution < 1.29 is 14.1 Å². The Bertz CT molecular complexity index is 1060. The van der Waals surface area contributed by atoms with Gasteiger partial charge in [0.2, 0.25) is 11.6 Å². The Morgan fingerprint density at radius 3 is 2.41 bits per heavy atom. The van der Waals surface area contributed by atoms with Crippen molar-refractivity contribution in [3.05, 3.63) is 76.9 Å². The van der Waals surface area contributed by atoms with Gasteiger partial charge in [-0.2, -0.15) is 0 Å². The minimum atomic E-state index is -0.473. The van der Waals surface area contributed by atoms with Crippen LogP contribution in [0.15, 0.2) is 60.9 Å². The zero-order chi connectivity index (χ0) is 22.3. The highest BCUT2D eigenvalue weighted by Gasteiger charge is 2.29. The van der Waals surface area contributed by atoms with Gasteiger partial charge >= 0.3 is 5.69 Å². The van der Waals surface area contributed by atoms with Crippen molar-refractivity contribution in [1.29, 1.82) is 0 Å². The van der Waals surface area contributed by atoms with Gasteiger partial charge in [-0.25, -0.2) is 14.4 Å². The van der Waals surface area contributed by atoms with Crippen molar-refractivity contribution in [1.82, 2.24) is 9.97 Å². The van der Waals surface area contributed by atoms with Crippen molar-refractivity contribution >= 4 is 23.0 Å². The molecule has 0 spiro atoms. The van der Waals surface area contributed by atoms with E-state index in [-0.39, 0.29) is 23.1 Å². The van der Waals surface area contributed by atoms with E-state index in [9.17, 15) is 14.5 Å². The van der Waals surface area contributed by atoms with E-state index in [1.165, 1.54) is 12.4 Å². The average Bonchev–Trinajstić information content (AvgIpc) is 2.83. The maximum Gasteiger partial charge on any atom is 0.353 e. The van der Waals surface area contributed by atoms with Gasteiger partial charge in [0.25, 0.3) is 0 Å². The Kier molecular flexibility index (Phi) is 6.59. The van der Waals surface area contributed by atoms with Gasteiger partial charge in [-0.1, -0.05) is 30.3 Å². The van der Waals surface area contributed by atoms with Gasteiger partial charge < -0.3 is 19.9 Å². The van der Waals surface area contributed by atoms with Crippen molar-refractivity contribution in [2.75, 3.05) is 54.4 Å². The molecule has 166 valence electrons. The number of ether oxygens (including phenoxy) is 1. The Balaban J connectivity index is 1.42. The number of nitrogens with one attached hydrogen (secondary N) is 1. The van der Waals surface area contributed by atoms with Crippen LogP contribution in [0.3, 0.4) is 0 Å². The lowest BCUT2D eigenvalue weighted by Crippen LogP contribution is -2.47. The smallest absolute Gasteiger partial charge is 0.353 e. The van der Waals surface area contributed by atoms with E-state index >= 15 is 0 Å². The fourth-order valence-corrected chi connectivity index (χ4v) is 3.62. The van der Waals surface area contributed by atoms with E-state index in [1.807, 2.05) is 40.1 Å². The van der Waals surface area contributed by atoms with Crippen LogP contribution in [0.4, 0.5) is 27.4 Å². The van der Waals surface area contributed by atoms with Crippen LogP contribution in [-0.2, 0) is 0 Å². The Labute approximate surface area is 184 Å².